The standard InChI is InChI=1S/C16H21NO2S/c1-12-16(20-11-17-12)8-5-14(10-18)9-13-3-6-15(19-2)7-4-13/h3-4,6-7,11,14,18H,5,8-10H2,1-2H3. The summed E-state index contributed by atoms with van der Waals surface area (Å²) in [6.07, 6.45) is 2.89. The number of methoxy groups -OCH3 is 1. The molecule has 0 fully saturated rings. The van der Waals surface area contributed by atoms with Gasteiger partial charge in [0.05, 0.1) is 18.3 Å². The zero-order valence-electron chi connectivity index (χ0n) is 12.0. The van der Waals surface area contributed by atoms with E-state index in [1.807, 2.05) is 24.6 Å². The number of aliphatic hydroxyl groups is 1. The minimum absolute atomic E-state index is 0.226. The van der Waals surface area contributed by atoms with Crippen molar-refractivity contribution < 1.29 is 9.84 Å². The minimum Gasteiger partial charge on any atom is -0.497 e. The van der Waals surface area contributed by atoms with Crippen LogP contribution in [-0.4, -0.2) is 23.8 Å². The van der Waals surface area contributed by atoms with Gasteiger partial charge >= 0.3 is 0 Å². The Labute approximate surface area is 124 Å². The van der Waals surface area contributed by atoms with E-state index in [2.05, 4.69) is 17.1 Å². The molecule has 3 nitrogen and oxygen atoms in total. The lowest BCUT2D eigenvalue weighted by molar-refractivity contribution is 0.218. The summed E-state index contributed by atoms with van der Waals surface area (Å²) in [6, 6.07) is 8.08. The molecule has 0 radical (unpaired) electrons. The van der Waals surface area contributed by atoms with Gasteiger partial charge in [-0.1, -0.05) is 12.1 Å². The van der Waals surface area contributed by atoms with Gasteiger partial charge in [0.15, 0.2) is 0 Å². The number of hydrogen-bond donors (Lipinski definition) is 1. The van der Waals surface area contributed by atoms with Gasteiger partial charge in [-0.15, -0.1) is 11.3 Å². The number of rotatable bonds is 7. The van der Waals surface area contributed by atoms with Gasteiger partial charge in [0.1, 0.15) is 5.75 Å². The van der Waals surface area contributed by atoms with Gasteiger partial charge in [-0.2, -0.15) is 0 Å². The molecule has 1 unspecified atom stereocenters. The summed E-state index contributed by atoms with van der Waals surface area (Å²) < 4.78 is 5.16. The summed E-state index contributed by atoms with van der Waals surface area (Å²) in [4.78, 5) is 5.60. The van der Waals surface area contributed by atoms with Crippen molar-refractivity contribution >= 4 is 11.3 Å². The van der Waals surface area contributed by atoms with Gasteiger partial charge < -0.3 is 9.84 Å². The van der Waals surface area contributed by atoms with E-state index in [-0.39, 0.29) is 6.61 Å². The largest absolute Gasteiger partial charge is 0.497 e. The molecule has 20 heavy (non-hydrogen) atoms. The molecule has 1 N–H and O–H groups in total. The highest BCUT2D eigenvalue weighted by Crippen LogP contribution is 2.20. The number of thiazole rings is 1. The van der Waals surface area contributed by atoms with Crippen molar-refractivity contribution in [3.63, 3.8) is 0 Å². The van der Waals surface area contributed by atoms with E-state index in [1.165, 1.54) is 10.4 Å². The Hall–Kier alpha value is -1.39. The van der Waals surface area contributed by atoms with Crippen molar-refractivity contribution in [2.24, 2.45) is 5.92 Å². The average molecular weight is 291 g/mol. The highest BCUT2D eigenvalue weighted by Gasteiger charge is 2.11. The highest BCUT2D eigenvalue weighted by molar-refractivity contribution is 7.09. The van der Waals surface area contributed by atoms with Crippen LogP contribution in [-0.2, 0) is 12.8 Å². The molecule has 0 amide bonds. The molecular weight excluding hydrogens is 270 g/mol. The number of nitrogens with zero attached hydrogens (tertiary/aromatic N) is 1. The quantitative estimate of drug-likeness (QED) is 0.851. The zero-order valence-corrected chi connectivity index (χ0v) is 12.8. The first-order chi connectivity index (χ1) is 9.72. The summed E-state index contributed by atoms with van der Waals surface area (Å²) in [6.45, 7) is 2.27. The van der Waals surface area contributed by atoms with Gasteiger partial charge in [0, 0.05) is 11.5 Å². The fraction of sp³-hybridized carbons (Fsp3) is 0.438. The lowest BCUT2D eigenvalue weighted by Gasteiger charge is -2.14. The zero-order chi connectivity index (χ0) is 14.4. The fourth-order valence-electron chi connectivity index (χ4n) is 2.25. The van der Waals surface area contributed by atoms with E-state index < -0.39 is 0 Å². The monoisotopic (exact) mass is 291 g/mol. The van der Waals surface area contributed by atoms with E-state index in [0.717, 1.165) is 30.7 Å². The predicted octanol–water partition coefficient (Wildman–Crippen LogP) is 3.24. The summed E-state index contributed by atoms with van der Waals surface area (Å²) in [5, 5.41) is 9.55. The maximum atomic E-state index is 9.55. The van der Waals surface area contributed by atoms with Crippen molar-refractivity contribution in [2.45, 2.75) is 26.2 Å². The molecule has 0 aliphatic rings. The van der Waals surface area contributed by atoms with E-state index in [4.69, 9.17) is 4.74 Å². The van der Waals surface area contributed by atoms with Crippen LogP contribution >= 0.6 is 11.3 Å². The van der Waals surface area contributed by atoms with Crippen LogP contribution in [0.2, 0.25) is 0 Å². The molecule has 0 saturated heterocycles. The molecule has 0 saturated carbocycles. The number of aryl methyl sites for hydroxylation is 2. The Balaban J connectivity index is 1.89. The minimum atomic E-state index is 0.226. The molecule has 1 heterocycles. The molecular formula is C16H21NO2S. The SMILES string of the molecule is COc1ccc(CC(CO)CCc2scnc2C)cc1. The van der Waals surface area contributed by atoms with Crippen LogP contribution in [0.5, 0.6) is 5.75 Å². The first-order valence-corrected chi connectivity index (χ1v) is 7.73. The molecule has 108 valence electrons. The lowest BCUT2D eigenvalue weighted by atomic mass is 9.95. The van der Waals surface area contributed by atoms with Crippen molar-refractivity contribution in [1.29, 1.82) is 0 Å². The van der Waals surface area contributed by atoms with Gasteiger partial charge in [0.2, 0.25) is 0 Å². The smallest absolute Gasteiger partial charge is 0.118 e. The van der Waals surface area contributed by atoms with E-state index >= 15 is 0 Å². The molecule has 1 aromatic carbocycles. The van der Waals surface area contributed by atoms with Gasteiger partial charge in [0.25, 0.3) is 0 Å². The third-order valence-corrected chi connectivity index (χ3v) is 4.56. The molecule has 0 aliphatic carbocycles. The van der Waals surface area contributed by atoms with Gasteiger partial charge in [-0.3, -0.25) is 0 Å². The van der Waals surface area contributed by atoms with Crippen molar-refractivity contribution in [1.82, 2.24) is 4.98 Å². The number of hydrogen-bond acceptors (Lipinski definition) is 4. The molecule has 2 aromatic rings. The summed E-state index contributed by atoms with van der Waals surface area (Å²) in [5.41, 5.74) is 4.25. The molecule has 4 heteroatoms. The van der Waals surface area contributed by atoms with Gasteiger partial charge in [-0.05, 0) is 49.8 Å². The number of aliphatic hydroxyl groups excluding tert-OH is 1. The lowest BCUT2D eigenvalue weighted by Crippen LogP contribution is -2.11. The Morgan fingerprint density at radius 3 is 2.60 bits per heavy atom. The third kappa shape index (κ3) is 4.05. The number of ether oxygens (including phenoxy) is 1. The van der Waals surface area contributed by atoms with Crippen LogP contribution in [0.25, 0.3) is 0 Å². The third-order valence-electron chi connectivity index (χ3n) is 3.57. The van der Waals surface area contributed by atoms with Crippen molar-refractivity contribution in [3.05, 3.63) is 45.9 Å². The second-order valence-electron chi connectivity index (χ2n) is 5.00. The van der Waals surface area contributed by atoms with Crippen LogP contribution in [0.1, 0.15) is 22.6 Å². The maximum absolute atomic E-state index is 9.55. The molecule has 1 aromatic heterocycles. The van der Waals surface area contributed by atoms with E-state index in [1.54, 1.807) is 18.4 Å². The first kappa shape index (κ1) is 15.0. The number of benzene rings is 1. The Kier molecular flexibility index (Phi) is 5.56. The van der Waals surface area contributed by atoms with Crippen LogP contribution in [0.4, 0.5) is 0 Å². The molecule has 0 spiro atoms. The van der Waals surface area contributed by atoms with Crippen LogP contribution in [0.3, 0.4) is 0 Å². The van der Waals surface area contributed by atoms with E-state index in [0.29, 0.717) is 5.92 Å². The molecule has 2 rings (SSSR count). The van der Waals surface area contributed by atoms with E-state index in [9.17, 15) is 5.11 Å². The summed E-state index contributed by atoms with van der Waals surface area (Å²) in [5.74, 6) is 1.17. The van der Waals surface area contributed by atoms with Crippen LogP contribution in [0.15, 0.2) is 29.8 Å². The second-order valence-corrected chi connectivity index (χ2v) is 5.94. The maximum Gasteiger partial charge on any atom is 0.118 e. The predicted molar refractivity (Wildman–Crippen MR) is 82.4 cm³/mol. The van der Waals surface area contributed by atoms with Gasteiger partial charge in [-0.25, -0.2) is 4.98 Å². The Morgan fingerprint density at radius 1 is 1.30 bits per heavy atom. The number of aromatic nitrogens is 1. The molecule has 0 aliphatic heterocycles. The Bertz CT molecular complexity index is 522. The van der Waals surface area contributed by atoms with Crippen LogP contribution in [0, 0.1) is 12.8 Å². The summed E-state index contributed by atoms with van der Waals surface area (Å²) >= 11 is 1.70. The normalized spacial score (nSPS) is 12.3. The van der Waals surface area contributed by atoms with Crippen LogP contribution < -0.4 is 4.74 Å². The first-order valence-electron chi connectivity index (χ1n) is 6.85. The molecule has 1 atom stereocenters. The van der Waals surface area contributed by atoms with Crippen molar-refractivity contribution in [2.75, 3.05) is 13.7 Å². The second kappa shape index (κ2) is 7.41. The molecule has 0 bridgehead atoms. The Morgan fingerprint density at radius 2 is 2.05 bits per heavy atom. The average Bonchev–Trinajstić information content (AvgIpc) is 2.89. The topological polar surface area (TPSA) is 42.4 Å². The fourth-order valence-corrected chi connectivity index (χ4v) is 3.05. The highest BCUT2D eigenvalue weighted by atomic mass is 32.1. The summed E-state index contributed by atoms with van der Waals surface area (Å²) in [7, 11) is 1.67. The van der Waals surface area contributed by atoms with Crippen molar-refractivity contribution in [3.8, 4) is 5.75 Å².